The highest BCUT2D eigenvalue weighted by Gasteiger charge is 2.34. The Labute approximate surface area is 101 Å². The van der Waals surface area contributed by atoms with Gasteiger partial charge in [-0.3, -0.25) is 0 Å². The normalized spacial score (nSPS) is 25.5. The molecule has 0 radical (unpaired) electrons. The molecule has 0 unspecified atom stereocenters. The summed E-state index contributed by atoms with van der Waals surface area (Å²) in [5, 5.41) is 18.9. The lowest BCUT2D eigenvalue weighted by molar-refractivity contribution is 0.179. The van der Waals surface area contributed by atoms with Gasteiger partial charge in [0, 0.05) is 5.92 Å². The van der Waals surface area contributed by atoms with E-state index in [0.29, 0.717) is 11.3 Å². The SMILES string of the molecule is CC(C)(C)C[C@H]1C[C@H](c2nnc(CO)s2)C1. The van der Waals surface area contributed by atoms with Crippen molar-refractivity contribution in [3.63, 3.8) is 0 Å². The average molecular weight is 240 g/mol. The predicted molar refractivity (Wildman–Crippen MR) is 65.4 cm³/mol. The number of rotatable bonds is 3. The Kier molecular flexibility index (Phi) is 3.31. The third-order valence-electron chi connectivity index (χ3n) is 3.10. The third kappa shape index (κ3) is 2.80. The molecule has 2 rings (SSSR count). The first-order valence-electron chi connectivity index (χ1n) is 5.91. The van der Waals surface area contributed by atoms with Gasteiger partial charge < -0.3 is 5.11 Å². The molecule has 4 heteroatoms. The summed E-state index contributed by atoms with van der Waals surface area (Å²) >= 11 is 1.56. The van der Waals surface area contributed by atoms with Crippen molar-refractivity contribution in [3.05, 3.63) is 10.0 Å². The molecule has 1 aromatic rings. The van der Waals surface area contributed by atoms with Crippen LogP contribution >= 0.6 is 11.3 Å². The van der Waals surface area contributed by atoms with Crippen LogP contribution in [0.5, 0.6) is 0 Å². The van der Waals surface area contributed by atoms with E-state index in [1.165, 1.54) is 19.3 Å². The minimum absolute atomic E-state index is 0.0236. The fraction of sp³-hybridized carbons (Fsp3) is 0.833. The van der Waals surface area contributed by atoms with E-state index in [0.717, 1.165) is 15.9 Å². The summed E-state index contributed by atoms with van der Waals surface area (Å²) in [6.07, 6.45) is 3.80. The highest BCUT2D eigenvalue weighted by Crippen LogP contribution is 2.47. The van der Waals surface area contributed by atoms with Crippen molar-refractivity contribution in [3.8, 4) is 0 Å². The molecular weight excluding hydrogens is 220 g/mol. The molecule has 1 aromatic heterocycles. The predicted octanol–water partition coefficient (Wildman–Crippen LogP) is 2.96. The van der Waals surface area contributed by atoms with Gasteiger partial charge in [-0.2, -0.15) is 0 Å². The molecule has 1 saturated carbocycles. The van der Waals surface area contributed by atoms with Crippen molar-refractivity contribution in [2.45, 2.75) is 52.6 Å². The molecule has 1 aliphatic rings. The van der Waals surface area contributed by atoms with Gasteiger partial charge in [0.2, 0.25) is 0 Å². The Bertz CT molecular complexity index is 350. The van der Waals surface area contributed by atoms with E-state index in [1.807, 2.05) is 0 Å². The molecule has 1 N–H and O–H groups in total. The Morgan fingerprint density at radius 1 is 1.31 bits per heavy atom. The quantitative estimate of drug-likeness (QED) is 0.883. The number of aliphatic hydroxyl groups excluding tert-OH is 1. The molecule has 90 valence electrons. The highest BCUT2D eigenvalue weighted by molar-refractivity contribution is 7.11. The van der Waals surface area contributed by atoms with Gasteiger partial charge in [-0.15, -0.1) is 10.2 Å². The second-order valence-electron chi connectivity index (χ2n) is 5.99. The molecule has 0 saturated heterocycles. The van der Waals surface area contributed by atoms with Gasteiger partial charge in [-0.25, -0.2) is 0 Å². The maximum Gasteiger partial charge on any atom is 0.143 e. The summed E-state index contributed by atoms with van der Waals surface area (Å²) in [6, 6.07) is 0. The summed E-state index contributed by atoms with van der Waals surface area (Å²) in [5.41, 5.74) is 0.438. The zero-order valence-corrected chi connectivity index (χ0v) is 11.0. The molecule has 16 heavy (non-hydrogen) atoms. The van der Waals surface area contributed by atoms with Crippen molar-refractivity contribution in [1.82, 2.24) is 10.2 Å². The molecule has 1 fully saturated rings. The first-order valence-corrected chi connectivity index (χ1v) is 6.73. The fourth-order valence-corrected chi connectivity index (χ4v) is 3.29. The Morgan fingerprint density at radius 2 is 2.00 bits per heavy atom. The van der Waals surface area contributed by atoms with Crippen LogP contribution in [0.4, 0.5) is 0 Å². The lowest BCUT2D eigenvalue weighted by atomic mass is 9.68. The molecule has 0 amide bonds. The maximum absolute atomic E-state index is 8.94. The van der Waals surface area contributed by atoms with Crippen LogP contribution in [0.2, 0.25) is 0 Å². The van der Waals surface area contributed by atoms with Gasteiger partial charge in [0.05, 0.1) is 6.61 Å². The molecule has 0 aromatic carbocycles. The van der Waals surface area contributed by atoms with E-state index in [-0.39, 0.29) is 6.61 Å². The monoisotopic (exact) mass is 240 g/mol. The summed E-state index contributed by atoms with van der Waals surface area (Å²) < 4.78 is 0. The van der Waals surface area contributed by atoms with E-state index in [4.69, 9.17) is 5.11 Å². The van der Waals surface area contributed by atoms with Gasteiger partial charge in [0.25, 0.3) is 0 Å². The summed E-state index contributed by atoms with van der Waals surface area (Å²) in [4.78, 5) is 0. The van der Waals surface area contributed by atoms with E-state index in [1.54, 1.807) is 11.3 Å². The second-order valence-corrected chi connectivity index (χ2v) is 7.08. The highest BCUT2D eigenvalue weighted by atomic mass is 32.1. The molecule has 1 aliphatic carbocycles. The zero-order valence-electron chi connectivity index (χ0n) is 10.2. The number of aliphatic hydroxyl groups is 1. The largest absolute Gasteiger partial charge is 0.389 e. The van der Waals surface area contributed by atoms with Gasteiger partial charge in [0.15, 0.2) is 0 Å². The zero-order chi connectivity index (χ0) is 11.8. The van der Waals surface area contributed by atoms with E-state index in [9.17, 15) is 0 Å². The van der Waals surface area contributed by atoms with Gasteiger partial charge >= 0.3 is 0 Å². The molecule has 0 atom stereocenters. The van der Waals surface area contributed by atoms with Crippen LogP contribution in [-0.2, 0) is 6.61 Å². The van der Waals surface area contributed by atoms with Gasteiger partial charge in [0.1, 0.15) is 10.0 Å². The van der Waals surface area contributed by atoms with Crippen LogP contribution in [0.1, 0.15) is 56.0 Å². The van der Waals surface area contributed by atoms with Crippen molar-refractivity contribution >= 4 is 11.3 Å². The van der Waals surface area contributed by atoms with E-state index >= 15 is 0 Å². The molecule has 0 bridgehead atoms. The van der Waals surface area contributed by atoms with Gasteiger partial charge in [-0.05, 0) is 30.6 Å². The maximum atomic E-state index is 8.94. The fourth-order valence-electron chi connectivity index (χ4n) is 2.47. The summed E-state index contributed by atoms with van der Waals surface area (Å²) in [6.45, 7) is 6.93. The second kappa shape index (κ2) is 4.41. The van der Waals surface area contributed by atoms with Crippen LogP contribution in [0, 0.1) is 11.3 Å². The first-order chi connectivity index (χ1) is 7.48. The smallest absolute Gasteiger partial charge is 0.143 e. The van der Waals surface area contributed by atoms with Crippen molar-refractivity contribution in [2.24, 2.45) is 11.3 Å². The minimum atomic E-state index is 0.0236. The van der Waals surface area contributed by atoms with Crippen LogP contribution in [0.3, 0.4) is 0 Å². The van der Waals surface area contributed by atoms with Crippen molar-refractivity contribution in [1.29, 1.82) is 0 Å². The Hall–Kier alpha value is -0.480. The molecule has 3 nitrogen and oxygen atoms in total. The molecular formula is C12H20N2OS. The number of hydrogen-bond acceptors (Lipinski definition) is 4. The number of hydrogen-bond donors (Lipinski definition) is 1. The lowest BCUT2D eigenvalue weighted by Gasteiger charge is -2.37. The van der Waals surface area contributed by atoms with Crippen LogP contribution in [0.15, 0.2) is 0 Å². The summed E-state index contributed by atoms with van der Waals surface area (Å²) in [7, 11) is 0. The van der Waals surface area contributed by atoms with E-state index < -0.39 is 0 Å². The minimum Gasteiger partial charge on any atom is -0.389 e. The van der Waals surface area contributed by atoms with Gasteiger partial charge in [-0.1, -0.05) is 32.1 Å². The average Bonchev–Trinajstić information content (AvgIpc) is 2.56. The van der Waals surface area contributed by atoms with Crippen molar-refractivity contribution < 1.29 is 5.11 Å². The molecule has 0 aliphatic heterocycles. The standard InChI is InChI=1S/C12H20N2OS/c1-12(2,3)6-8-4-9(5-8)11-14-13-10(7-15)16-11/h8-9,15H,4-7H2,1-3H3/t8-,9-. The van der Waals surface area contributed by atoms with E-state index in [2.05, 4.69) is 31.0 Å². The third-order valence-corrected chi connectivity index (χ3v) is 4.17. The Morgan fingerprint density at radius 3 is 2.50 bits per heavy atom. The number of nitrogens with zero attached hydrogens (tertiary/aromatic N) is 2. The lowest BCUT2D eigenvalue weighted by Crippen LogP contribution is -2.26. The van der Waals surface area contributed by atoms with Crippen LogP contribution < -0.4 is 0 Å². The Balaban J connectivity index is 1.84. The van der Waals surface area contributed by atoms with Crippen LogP contribution in [-0.4, -0.2) is 15.3 Å². The van der Waals surface area contributed by atoms with Crippen LogP contribution in [0.25, 0.3) is 0 Å². The number of aromatic nitrogens is 2. The summed E-state index contributed by atoms with van der Waals surface area (Å²) in [5.74, 6) is 1.46. The topological polar surface area (TPSA) is 46.0 Å². The molecule has 1 heterocycles. The first kappa shape index (κ1) is 12.0. The molecule has 0 spiro atoms. The van der Waals surface area contributed by atoms with Crippen molar-refractivity contribution in [2.75, 3.05) is 0 Å².